The number of fused-ring (bicyclic) bond motifs is 1. The van der Waals surface area contributed by atoms with Crippen LogP contribution in [0.4, 0.5) is 11.4 Å². The minimum Gasteiger partial charge on any atom is -0.493 e. The third-order valence-electron chi connectivity index (χ3n) is 4.79. The summed E-state index contributed by atoms with van der Waals surface area (Å²) in [7, 11) is 3.27. The summed E-state index contributed by atoms with van der Waals surface area (Å²) < 4.78 is 10.7. The fourth-order valence-electron chi connectivity index (χ4n) is 3.25. The predicted molar refractivity (Wildman–Crippen MR) is 115 cm³/mol. The Bertz CT molecular complexity index is 1120. The van der Waals surface area contributed by atoms with E-state index >= 15 is 0 Å². The molecular formula is C24H22N2O2. The Morgan fingerprint density at radius 1 is 0.750 bits per heavy atom. The zero-order chi connectivity index (χ0) is 19.5. The van der Waals surface area contributed by atoms with E-state index in [1.165, 1.54) is 11.1 Å². The molecule has 1 heterocycles. The van der Waals surface area contributed by atoms with Crippen molar-refractivity contribution in [2.75, 3.05) is 19.5 Å². The smallest absolute Gasteiger partial charge is 0.162 e. The van der Waals surface area contributed by atoms with Gasteiger partial charge in [-0.3, -0.25) is 4.98 Å². The molecule has 0 bridgehead atoms. The van der Waals surface area contributed by atoms with E-state index in [2.05, 4.69) is 59.7 Å². The Morgan fingerprint density at radius 2 is 1.50 bits per heavy atom. The molecule has 4 heteroatoms. The Morgan fingerprint density at radius 3 is 2.25 bits per heavy atom. The van der Waals surface area contributed by atoms with Gasteiger partial charge in [-0.2, -0.15) is 0 Å². The molecule has 0 fully saturated rings. The van der Waals surface area contributed by atoms with Crippen LogP contribution in [0, 0.1) is 6.92 Å². The van der Waals surface area contributed by atoms with Crippen LogP contribution in [0.15, 0.2) is 72.9 Å². The van der Waals surface area contributed by atoms with Gasteiger partial charge >= 0.3 is 0 Å². The van der Waals surface area contributed by atoms with Crippen molar-refractivity contribution in [2.45, 2.75) is 6.92 Å². The first kappa shape index (κ1) is 17.9. The second-order valence-electron chi connectivity index (χ2n) is 6.65. The molecule has 0 radical (unpaired) electrons. The van der Waals surface area contributed by atoms with Crippen LogP contribution in [0.3, 0.4) is 0 Å². The first-order chi connectivity index (χ1) is 13.7. The van der Waals surface area contributed by atoms with Gasteiger partial charge in [0.25, 0.3) is 0 Å². The Balaban J connectivity index is 1.74. The van der Waals surface area contributed by atoms with E-state index in [1.54, 1.807) is 14.2 Å². The molecule has 4 aromatic rings. The predicted octanol–water partition coefficient (Wildman–Crippen LogP) is 5.97. The van der Waals surface area contributed by atoms with E-state index in [4.69, 9.17) is 9.47 Å². The van der Waals surface area contributed by atoms with Crippen LogP contribution >= 0.6 is 0 Å². The summed E-state index contributed by atoms with van der Waals surface area (Å²) in [4.78, 5) is 4.51. The molecule has 0 aliphatic heterocycles. The molecule has 4 rings (SSSR count). The molecule has 0 atom stereocenters. The Labute approximate surface area is 164 Å². The molecule has 0 saturated heterocycles. The van der Waals surface area contributed by atoms with Crippen LogP contribution < -0.4 is 14.8 Å². The largest absolute Gasteiger partial charge is 0.493 e. The zero-order valence-electron chi connectivity index (χ0n) is 16.2. The van der Waals surface area contributed by atoms with Gasteiger partial charge in [-0.25, -0.2) is 0 Å². The molecule has 0 amide bonds. The van der Waals surface area contributed by atoms with Crippen molar-refractivity contribution in [3.8, 4) is 22.6 Å². The quantitative estimate of drug-likeness (QED) is 0.470. The number of ether oxygens (including phenoxy) is 2. The van der Waals surface area contributed by atoms with Gasteiger partial charge in [0.2, 0.25) is 0 Å². The van der Waals surface area contributed by atoms with Gasteiger partial charge in [-0.05, 0) is 48.4 Å². The molecule has 1 N–H and O–H groups in total. The molecule has 1 aromatic heterocycles. The fraction of sp³-hybridized carbons (Fsp3) is 0.125. The maximum Gasteiger partial charge on any atom is 0.162 e. The second kappa shape index (κ2) is 7.61. The molecule has 0 unspecified atom stereocenters. The number of nitrogens with zero attached hydrogens (tertiary/aromatic N) is 1. The van der Waals surface area contributed by atoms with Crippen molar-refractivity contribution in [3.05, 3.63) is 78.5 Å². The molecule has 28 heavy (non-hydrogen) atoms. The standard InChI is InChI=1S/C24H22N2O2/c1-16-4-6-17(7-5-16)18-8-10-21-20(14-18)22(12-13-25-21)26-19-9-11-23(27-2)24(15-19)28-3/h4-15H,1-3H3,(H,25,26). The van der Waals surface area contributed by atoms with Gasteiger partial charge in [0.1, 0.15) is 0 Å². The average Bonchev–Trinajstić information content (AvgIpc) is 2.74. The van der Waals surface area contributed by atoms with Crippen LogP contribution in [0.1, 0.15) is 5.56 Å². The number of methoxy groups -OCH3 is 2. The van der Waals surface area contributed by atoms with Gasteiger partial charge in [0, 0.05) is 29.0 Å². The number of aryl methyl sites for hydroxylation is 1. The summed E-state index contributed by atoms with van der Waals surface area (Å²) in [6, 6.07) is 22.7. The first-order valence-corrected chi connectivity index (χ1v) is 9.13. The molecule has 0 aliphatic rings. The number of anilines is 2. The topological polar surface area (TPSA) is 43.4 Å². The highest BCUT2D eigenvalue weighted by molar-refractivity contribution is 5.95. The lowest BCUT2D eigenvalue weighted by atomic mass is 10.0. The van der Waals surface area contributed by atoms with Crippen molar-refractivity contribution in [1.82, 2.24) is 4.98 Å². The summed E-state index contributed by atoms with van der Waals surface area (Å²) >= 11 is 0. The fourth-order valence-corrected chi connectivity index (χ4v) is 3.25. The lowest BCUT2D eigenvalue weighted by Crippen LogP contribution is -1.95. The number of hydrogen-bond donors (Lipinski definition) is 1. The Hall–Kier alpha value is -3.53. The SMILES string of the molecule is COc1ccc(Nc2ccnc3ccc(-c4ccc(C)cc4)cc23)cc1OC. The summed E-state index contributed by atoms with van der Waals surface area (Å²) in [5.41, 5.74) is 6.46. The summed E-state index contributed by atoms with van der Waals surface area (Å²) in [5, 5.41) is 4.55. The van der Waals surface area contributed by atoms with Gasteiger partial charge in [-0.1, -0.05) is 35.9 Å². The molecule has 0 aliphatic carbocycles. The van der Waals surface area contributed by atoms with Gasteiger partial charge < -0.3 is 14.8 Å². The van der Waals surface area contributed by atoms with Gasteiger partial charge in [0.05, 0.1) is 19.7 Å². The minimum absolute atomic E-state index is 0.686. The van der Waals surface area contributed by atoms with Crippen LogP contribution in [0.25, 0.3) is 22.0 Å². The first-order valence-electron chi connectivity index (χ1n) is 9.13. The van der Waals surface area contributed by atoms with Crippen LogP contribution in [0.2, 0.25) is 0 Å². The van der Waals surface area contributed by atoms with Crippen molar-refractivity contribution in [3.63, 3.8) is 0 Å². The molecule has 0 saturated carbocycles. The number of benzene rings is 3. The van der Waals surface area contributed by atoms with Crippen LogP contribution in [0.5, 0.6) is 11.5 Å². The van der Waals surface area contributed by atoms with Crippen molar-refractivity contribution in [1.29, 1.82) is 0 Å². The molecule has 140 valence electrons. The maximum atomic E-state index is 5.41. The van der Waals surface area contributed by atoms with Crippen LogP contribution in [-0.4, -0.2) is 19.2 Å². The van der Waals surface area contributed by atoms with Crippen molar-refractivity contribution in [2.24, 2.45) is 0 Å². The monoisotopic (exact) mass is 370 g/mol. The zero-order valence-corrected chi connectivity index (χ0v) is 16.2. The maximum absolute atomic E-state index is 5.41. The normalized spacial score (nSPS) is 10.7. The van der Waals surface area contributed by atoms with E-state index in [0.717, 1.165) is 27.8 Å². The second-order valence-corrected chi connectivity index (χ2v) is 6.65. The van der Waals surface area contributed by atoms with E-state index in [1.807, 2.05) is 30.5 Å². The number of hydrogen-bond acceptors (Lipinski definition) is 4. The lowest BCUT2D eigenvalue weighted by molar-refractivity contribution is 0.355. The number of nitrogens with one attached hydrogen (secondary N) is 1. The van der Waals surface area contributed by atoms with Gasteiger partial charge in [-0.15, -0.1) is 0 Å². The number of rotatable bonds is 5. The number of aromatic nitrogens is 1. The van der Waals surface area contributed by atoms with Crippen molar-refractivity contribution < 1.29 is 9.47 Å². The summed E-state index contributed by atoms with van der Waals surface area (Å²) in [5.74, 6) is 1.39. The molecule has 3 aromatic carbocycles. The van der Waals surface area contributed by atoms with Crippen molar-refractivity contribution >= 4 is 22.3 Å². The summed E-state index contributed by atoms with van der Waals surface area (Å²) in [6.45, 7) is 2.10. The van der Waals surface area contributed by atoms with E-state index in [0.29, 0.717) is 11.5 Å². The third-order valence-corrected chi connectivity index (χ3v) is 4.79. The molecule has 0 spiro atoms. The van der Waals surface area contributed by atoms with E-state index in [-0.39, 0.29) is 0 Å². The Kier molecular flexibility index (Phi) is 4.85. The highest BCUT2D eigenvalue weighted by Gasteiger charge is 2.08. The van der Waals surface area contributed by atoms with Crippen LogP contribution in [-0.2, 0) is 0 Å². The molecular weight excluding hydrogens is 348 g/mol. The van der Waals surface area contributed by atoms with E-state index < -0.39 is 0 Å². The highest BCUT2D eigenvalue weighted by Crippen LogP contribution is 2.34. The summed E-state index contributed by atoms with van der Waals surface area (Å²) in [6.07, 6.45) is 1.82. The average molecular weight is 370 g/mol. The third kappa shape index (κ3) is 3.49. The number of pyridine rings is 1. The van der Waals surface area contributed by atoms with Gasteiger partial charge in [0.15, 0.2) is 11.5 Å². The highest BCUT2D eigenvalue weighted by atomic mass is 16.5. The molecule has 4 nitrogen and oxygen atoms in total. The van der Waals surface area contributed by atoms with E-state index in [9.17, 15) is 0 Å². The minimum atomic E-state index is 0.686. The lowest BCUT2D eigenvalue weighted by Gasteiger charge is -2.13.